The highest BCUT2D eigenvalue weighted by atomic mass is 16.3. The molecule has 162 valence electrons. The van der Waals surface area contributed by atoms with E-state index >= 15 is 0 Å². The molecule has 0 bridgehead atoms. The number of amides is 1. The molecule has 4 rings (SSSR count). The van der Waals surface area contributed by atoms with Crippen LogP contribution in [0.15, 0.2) is 48.8 Å². The molecule has 1 aromatic carbocycles. The second kappa shape index (κ2) is 9.61. The molecule has 0 spiro atoms. The molecule has 2 saturated heterocycles. The van der Waals surface area contributed by atoms with Crippen molar-refractivity contribution in [3.05, 3.63) is 65.5 Å². The molecule has 0 aliphatic carbocycles. The Balaban J connectivity index is 1.56. The summed E-state index contributed by atoms with van der Waals surface area (Å²) in [5.74, 6) is 5.93. The molecule has 2 N–H and O–H groups in total. The van der Waals surface area contributed by atoms with Gasteiger partial charge in [0.2, 0.25) is 0 Å². The van der Waals surface area contributed by atoms with E-state index in [0.29, 0.717) is 12.1 Å². The van der Waals surface area contributed by atoms with Crippen molar-refractivity contribution >= 4 is 5.91 Å². The summed E-state index contributed by atoms with van der Waals surface area (Å²) in [5.41, 5.74) is 2.67. The Hall–Kier alpha value is -2.72. The standard InChI is InChI=1S/C25H29N3O3/c1-18(30)4-5-19-6-8-20(9-7-19)24-22-16-27(25(31)21-10-12-26-13-11-21)14-2-3-15-28(22)23(24)17-29/h6-13,18,22-24,29-30H,2-3,14-17H2,1H3/t18-,22-,23+,24-/m0/s1. The molecule has 3 heterocycles. The summed E-state index contributed by atoms with van der Waals surface area (Å²) >= 11 is 0. The monoisotopic (exact) mass is 419 g/mol. The first-order valence-corrected chi connectivity index (χ1v) is 10.9. The number of aromatic nitrogens is 1. The number of hydrogen-bond acceptors (Lipinski definition) is 5. The molecular formula is C25H29N3O3. The quantitative estimate of drug-likeness (QED) is 0.743. The molecule has 2 aliphatic rings. The lowest BCUT2D eigenvalue weighted by atomic mass is 9.74. The van der Waals surface area contributed by atoms with E-state index in [4.69, 9.17) is 0 Å². The van der Waals surface area contributed by atoms with Crippen molar-refractivity contribution in [2.45, 2.75) is 43.9 Å². The van der Waals surface area contributed by atoms with Gasteiger partial charge >= 0.3 is 0 Å². The minimum Gasteiger partial charge on any atom is -0.395 e. The molecule has 6 heteroatoms. The van der Waals surface area contributed by atoms with Gasteiger partial charge in [0.15, 0.2) is 0 Å². The van der Waals surface area contributed by atoms with Crippen LogP contribution in [0, 0.1) is 11.8 Å². The van der Waals surface area contributed by atoms with Crippen LogP contribution in [-0.4, -0.2) is 75.3 Å². The SMILES string of the molecule is C[C@H](O)C#Cc1ccc([C@@H]2[C@@H](CO)N3CCCCN(C(=O)c4ccncc4)C[C@@H]23)cc1. The third-order valence-corrected chi connectivity index (χ3v) is 6.31. The largest absolute Gasteiger partial charge is 0.395 e. The summed E-state index contributed by atoms with van der Waals surface area (Å²) in [5, 5.41) is 19.5. The van der Waals surface area contributed by atoms with E-state index in [1.165, 1.54) is 0 Å². The topological polar surface area (TPSA) is 76.9 Å². The van der Waals surface area contributed by atoms with Gasteiger partial charge < -0.3 is 15.1 Å². The molecule has 1 amide bonds. The molecule has 0 unspecified atom stereocenters. The highest BCUT2D eigenvalue weighted by Gasteiger charge is 2.49. The number of aliphatic hydroxyl groups is 2. The second-order valence-corrected chi connectivity index (χ2v) is 8.34. The van der Waals surface area contributed by atoms with Gasteiger partial charge in [-0.1, -0.05) is 24.0 Å². The van der Waals surface area contributed by atoms with Crippen LogP contribution in [0.3, 0.4) is 0 Å². The number of nitrogens with zero attached hydrogens (tertiary/aromatic N) is 3. The van der Waals surface area contributed by atoms with Crippen molar-refractivity contribution in [3.63, 3.8) is 0 Å². The highest BCUT2D eigenvalue weighted by Crippen LogP contribution is 2.42. The smallest absolute Gasteiger partial charge is 0.254 e. The fraction of sp³-hybridized carbons (Fsp3) is 0.440. The zero-order valence-corrected chi connectivity index (χ0v) is 17.8. The molecule has 2 aromatic rings. The van der Waals surface area contributed by atoms with E-state index in [9.17, 15) is 15.0 Å². The van der Waals surface area contributed by atoms with Crippen molar-refractivity contribution in [3.8, 4) is 11.8 Å². The average molecular weight is 420 g/mol. The normalized spacial score (nSPS) is 24.6. The van der Waals surface area contributed by atoms with Crippen LogP contribution < -0.4 is 0 Å². The van der Waals surface area contributed by atoms with E-state index in [0.717, 1.165) is 37.1 Å². The number of hydrogen-bond donors (Lipinski definition) is 2. The van der Waals surface area contributed by atoms with E-state index in [2.05, 4.69) is 33.9 Å². The van der Waals surface area contributed by atoms with Gasteiger partial charge in [-0.25, -0.2) is 0 Å². The Morgan fingerprint density at radius 3 is 2.55 bits per heavy atom. The summed E-state index contributed by atoms with van der Waals surface area (Å²) < 4.78 is 0. The van der Waals surface area contributed by atoms with Crippen molar-refractivity contribution in [1.82, 2.24) is 14.8 Å². The van der Waals surface area contributed by atoms with Crippen molar-refractivity contribution in [2.75, 3.05) is 26.2 Å². The van der Waals surface area contributed by atoms with Crippen molar-refractivity contribution < 1.29 is 15.0 Å². The fourth-order valence-corrected chi connectivity index (χ4v) is 4.78. The summed E-state index contributed by atoms with van der Waals surface area (Å²) in [6.07, 6.45) is 4.61. The Morgan fingerprint density at radius 2 is 1.87 bits per heavy atom. The van der Waals surface area contributed by atoms with Gasteiger partial charge in [-0.15, -0.1) is 0 Å². The van der Waals surface area contributed by atoms with Crippen molar-refractivity contribution in [1.29, 1.82) is 0 Å². The fourth-order valence-electron chi connectivity index (χ4n) is 4.78. The lowest BCUT2D eigenvalue weighted by Gasteiger charge is -2.57. The number of fused-ring (bicyclic) bond motifs is 1. The maximum absolute atomic E-state index is 13.1. The van der Waals surface area contributed by atoms with Gasteiger partial charge in [0.05, 0.1) is 6.61 Å². The number of rotatable bonds is 3. The molecule has 0 saturated carbocycles. The van der Waals surface area contributed by atoms with E-state index in [1.807, 2.05) is 17.0 Å². The van der Waals surface area contributed by atoms with Crippen molar-refractivity contribution in [2.24, 2.45) is 0 Å². The van der Waals surface area contributed by atoms with E-state index < -0.39 is 6.10 Å². The van der Waals surface area contributed by atoms with Gasteiger partial charge in [-0.3, -0.25) is 14.7 Å². The number of aliphatic hydroxyl groups excluding tert-OH is 2. The van der Waals surface area contributed by atoms with Crippen LogP contribution in [0.25, 0.3) is 0 Å². The first-order valence-electron chi connectivity index (χ1n) is 10.9. The number of pyridine rings is 1. The molecule has 4 atom stereocenters. The van der Waals surface area contributed by atoms with Gasteiger partial charge in [-0.2, -0.15) is 0 Å². The van der Waals surface area contributed by atoms with Gasteiger partial charge in [-0.05, 0) is 56.1 Å². The maximum atomic E-state index is 13.1. The number of carbonyl (C=O) groups is 1. The van der Waals surface area contributed by atoms with Crippen LogP contribution in [0.2, 0.25) is 0 Å². The van der Waals surface area contributed by atoms with Crippen LogP contribution in [0.5, 0.6) is 0 Å². The first-order chi connectivity index (χ1) is 15.1. The maximum Gasteiger partial charge on any atom is 0.254 e. The zero-order valence-electron chi connectivity index (χ0n) is 17.8. The predicted molar refractivity (Wildman–Crippen MR) is 118 cm³/mol. The minimum atomic E-state index is -0.655. The molecule has 6 nitrogen and oxygen atoms in total. The second-order valence-electron chi connectivity index (χ2n) is 8.34. The molecule has 0 radical (unpaired) electrons. The summed E-state index contributed by atoms with van der Waals surface area (Å²) in [6.45, 7) is 4.08. The van der Waals surface area contributed by atoms with E-state index in [1.54, 1.807) is 31.5 Å². The van der Waals surface area contributed by atoms with Crippen LogP contribution in [-0.2, 0) is 0 Å². The van der Waals surface area contributed by atoms with Crippen LogP contribution in [0.1, 0.15) is 47.2 Å². The van der Waals surface area contributed by atoms with Crippen LogP contribution in [0.4, 0.5) is 0 Å². The minimum absolute atomic E-state index is 0.0409. The molecule has 2 fully saturated rings. The summed E-state index contributed by atoms with van der Waals surface area (Å²) in [7, 11) is 0. The Kier molecular flexibility index (Phi) is 6.67. The predicted octanol–water partition coefficient (Wildman–Crippen LogP) is 1.88. The number of benzene rings is 1. The van der Waals surface area contributed by atoms with Gasteiger partial charge in [0.1, 0.15) is 6.10 Å². The first kappa shape index (κ1) is 21.5. The Morgan fingerprint density at radius 1 is 1.16 bits per heavy atom. The lowest BCUT2D eigenvalue weighted by molar-refractivity contribution is -0.0606. The Labute approximate surface area is 183 Å². The highest BCUT2D eigenvalue weighted by molar-refractivity contribution is 5.94. The zero-order chi connectivity index (χ0) is 21.8. The van der Waals surface area contributed by atoms with Gasteiger partial charge in [0.25, 0.3) is 5.91 Å². The molecule has 2 aliphatic heterocycles. The number of carbonyl (C=O) groups excluding carboxylic acids is 1. The Bertz CT molecular complexity index is 949. The van der Waals surface area contributed by atoms with Crippen LogP contribution >= 0.6 is 0 Å². The van der Waals surface area contributed by atoms with E-state index in [-0.39, 0.29) is 30.5 Å². The molecule has 31 heavy (non-hydrogen) atoms. The third-order valence-electron chi connectivity index (χ3n) is 6.31. The third kappa shape index (κ3) is 4.64. The summed E-state index contributed by atoms with van der Waals surface area (Å²) in [6, 6.07) is 11.8. The average Bonchev–Trinajstić information content (AvgIpc) is 2.77. The summed E-state index contributed by atoms with van der Waals surface area (Å²) in [4.78, 5) is 21.4. The van der Waals surface area contributed by atoms with Gasteiger partial charge in [0, 0.05) is 54.6 Å². The molecular weight excluding hydrogens is 390 g/mol. The molecule has 1 aromatic heterocycles. The lowest BCUT2D eigenvalue weighted by Crippen LogP contribution is -2.67.